The average Bonchev–Trinajstić information content (AvgIpc) is 3.04. The number of nitrogens with one attached hydrogen (secondary N) is 1. The van der Waals surface area contributed by atoms with E-state index >= 15 is 0 Å². The van der Waals surface area contributed by atoms with Gasteiger partial charge in [-0.15, -0.1) is 11.3 Å². The molecule has 2 heterocycles. The molecule has 2 amide bonds. The Bertz CT molecular complexity index is 710. The minimum atomic E-state index is -0.549. The van der Waals surface area contributed by atoms with E-state index in [4.69, 9.17) is 0 Å². The van der Waals surface area contributed by atoms with E-state index in [-0.39, 0.29) is 17.9 Å². The maximum atomic E-state index is 12.8. The zero-order valence-corrected chi connectivity index (χ0v) is 14.1. The molecule has 1 aromatic carbocycles. The molecular formula is C18H20N2O2S. The summed E-state index contributed by atoms with van der Waals surface area (Å²) in [5.41, 5.74) is 1.88. The SMILES string of the molecule is CC(C)N1C(=O)Cc2ccccc2[C@@H]1C(=O)NCc1cccs1. The number of carbonyl (C=O) groups is 2. The lowest BCUT2D eigenvalue weighted by Crippen LogP contribution is -2.50. The van der Waals surface area contributed by atoms with Gasteiger partial charge in [-0.05, 0) is 36.4 Å². The fraction of sp³-hybridized carbons (Fsp3) is 0.333. The Morgan fingerprint density at radius 1 is 1.30 bits per heavy atom. The van der Waals surface area contributed by atoms with Gasteiger partial charge in [0.1, 0.15) is 6.04 Å². The molecule has 3 rings (SSSR count). The summed E-state index contributed by atoms with van der Waals surface area (Å²) in [6.45, 7) is 4.39. The highest BCUT2D eigenvalue weighted by Gasteiger charge is 2.38. The van der Waals surface area contributed by atoms with Gasteiger partial charge in [0.15, 0.2) is 0 Å². The van der Waals surface area contributed by atoms with Gasteiger partial charge < -0.3 is 10.2 Å². The highest BCUT2D eigenvalue weighted by Crippen LogP contribution is 2.32. The van der Waals surface area contributed by atoms with Gasteiger partial charge >= 0.3 is 0 Å². The van der Waals surface area contributed by atoms with E-state index in [1.54, 1.807) is 16.2 Å². The van der Waals surface area contributed by atoms with E-state index in [2.05, 4.69) is 5.32 Å². The summed E-state index contributed by atoms with van der Waals surface area (Å²) >= 11 is 1.61. The van der Waals surface area contributed by atoms with Crippen molar-refractivity contribution in [3.63, 3.8) is 0 Å². The highest BCUT2D eigenvalue weighted by molar-refractivity contribution is 7.09. The standard InChI is InChI=1S/C18H20N2O2S/c1-12(2)20-16(21)10-13-6-3-4-8-15(13)17(20)18(22)19-11-14-7-5-9-23-14/h3-9,12,17H,10-11H2,1-2H3,(H,19,22)/t17-/m1/s1. The largest absolute Gasteiger partial charge is 0.349 e. The van der Waals surface area contributed by atoms with Gasteiger partial charge in [0, 0.05) is 10.9 Å². The zero-order valence-electron chi connectivity index (χ0n) is 13.3. The molecule has 1 aliphatic heterocycles. The Hall–Kier alpha value is -2.14. The molecule has 0 aliphatic carbocycles. The lowest BCUT2D eigenvalue weighted by Gasteiger charge is -2.38. The minimum Gasteiger partial charge on any atom is -0.349 e. The summed E-state index contributed by atoms with van der Waals surface area (Å²) in [6, 6.07) is 11.1. The number of thiophene rings is 1. The topological polar surface area (TPSA) is 49.4 Å². The summed E-state index contributed by atoms with van der Waals surface area (Å²) in [5.74, 6) is -0.109. The number of rotatable bonds is 4. The van der Waals surface area contributed by atoms with Crippen molar-refractivity contribution in [1.82, 2.24) is 10.2 Å². The van der Waals surface area contributed by atoms with Crippen LogP contribution in [0.3, 0.4) is 0 Å². The lowest BCUT2D eigenvalue weighted by molar-refractivity contribution is -0.143. The first-order valence-corrected chi connectivity index (χ1v) is 8.65. The third-order valence-electron chi connectivity index (χ3n) is 4.08. The molecule has 4 nitrogen and oxygen atoms in total. The van der Waals surface area contributed by atoms with Crippen LogP contribution in [-0.2, 0) is 22.6 Å². The minimum absolute atomic E-state index is 0.00923. The first-order chi connectivity index (χ1) is 11.1. The van der Waals surface area contributed by atoms with E-state index in [9.17, 15) is 9.59 Å². The van der Waals surface area contributed by atoms with E-state index in [0.717, 1.165) is 16.0 Å². The van der Waals surface area contributed by atoms with E-state index < -0.39 is 6.04 Å². The summed E-state index contributed by atoms with van der Waals surface area (Å²) in [4.78, 5) is 28.1. The van der Waals surface area contributed by atoms with Crippen LogP contribution in [0.5, 0.6) is 0 Å². The quantitative estimate of drug-likeness (QED) is 0.938. The van der Waals surface area contributed by atoms with Crippen molar-refractivity contribution in [3.8, 4) is 0 Å². The van der Waals surface area contributed by atoms with Gasteiger partial charge in [0.05, 0.1) is 13.0 Å². The fourth-order valence-electron chi connectivity index (χ4n) is 3.05. The highest BCUT2D eigenvalue weighted by atomic mass is 32.1. The molecule has 23 heavy (non-hydrogen) atoms. The van der Waals surface area contributed by atoms with Gasteiger partial charge in [-0.3, -0.25) is 9.59 Å². The van der Waals surface area contributed by atoms with Crippen molar-refractivity contribution in [3.05, 3.63) is 57.8 Å². The number of benzene rings is 1. The normalized spacial score (nSPS) is 17.3. The molecule has 0 radical (unpaired) electrons. The molecule has 0 spiro atoms. The van der Waals surface area contributed by atoms with Crippen LogP contribution in [0.2, 0.25) is 0 Å². The molecule has 0 unspecified atom stereocenters. The molecule has 2 aromatic rings. The summed E-state index contributed by atoms with van der Waals surface area (Å²) in [7, 11) is 0. The Morgan fingerprint density at radius 2 is 2.09 bits per heavy atom. The first kappa shape index (κ1) is 15.7. The number of carbonyl (C=O) groups excluding carboxylic acids is 2. The van der Waals surface area contributed by atoms with Crippen LogP contribution in [0.15, 0.2) is 41.8 Å². The molecule has 120 valence electrons. The Balaban J connectivity index is 1.88. The summed E-state index contributed by atoms with van der Waals surface area (Å²) < 4.78 is 0. The first-order valence-electron chi connectivity index (χ1n) is 7.77. The second kappa shape index (κ2) is 6.54. The second-order valence-corrected chi connectivity index (χ2v) is 7.00. The second-order valence-electron chi connectivity index (χ2n) is 5.97. The number of fused-ring (bicyclic) bond motifs is 1. The van der Waals surface area contributed by atoms with Crippen molar-refractivity contribution in [2.75, 3.05) is 0 Å². The van der Waals surface area contributed by atoms with Gasteiger partial charge in [-0.1, -0.05) is 30.3 Å². The van der Waals surface area contributed by atoms with Gasteiger partial charge in [0.25, 0.3) is 0 Å². The van der Waals surface area contributed by atoms with Gasteiger partial charge in [-0.25, -0.2) is 0 Å². The molecule has 1 atom stereocenters. The Kier molecular flexibility index (Phi) is 4.48. The molecule has 0 saturated heterocycles. The molecule has 5 heteroatoms. The molecule has 0 saturated carbocycles. The van der Waals surface area contributed by atoms with Crippen LogP contribution in [0, 0.1) is 0 Å². The van der Waals surface area contributed by atoms with Crippen molar-refractivity contribution >= 4 is 23.2 Å². The number of hydrogen-bond acceptors (Lipinski definition) is 3. The predicted octanol–water partition coefficient (Wildman–Crippen LogP) is 2.90. The van der Waals surface area contributed by atoms with Crippen molar-refractivity contribution < 1.29 is 9.59 Å². The van der Waals surface area contributed by atoms with E-state index in [1.165, 1.54) is 0 Å². The maximum Gasteiger partial charge on any atom is 0.247 e. The molecule has 0 bridgehead atoms. The van der Waals surface area contributed by atoms with Crippen molar-refractivity contribution in [2.45, 2.75) is 38.9 Å². The molecule has 1 N–H and O–H groups in total. The number of hydrogen-bond donors (Lipinski definition) is 1. The third-order valence-corrected chi connectivity index (χ3v) is 4.96. The lowest BCUT2D eigenvalue weighted by atomic mass is 9.90. The summed E-state index contributed by atoms with van der Waals surface area (Å²) in [6.07, 6.45) is 0.364. The van der Waals surface area contributed by atoms with Crippen LogP contribution in [-0.4, -0.2) is 22.8 Å². The summed E-state index contributed by atoms with van der Waals surface area (Å²) in [5, 5.41) is 4.97. The zero-order chi connectivity index (χ0) is 16.4. The maximum absolute atomic E-state index is 12.8. The third kappa shape index (κ3) is 3.15. The fourth-order valence-corrected chi connectivity index (χ4v) is 3.69. The van der Waals surface area contributed by atoms with Crippen molar-refractivity contribution in [1.29, 1.82) is 0 Å². The Labute approximate surface area is 140 Å². The molecule has 0 fully saturated rings. The predicted molar refractivity (Wildman–Crippen MR) is 91.0 cm³/mol. The van der Waals surface area contributed by atoms with E-state index in [1.807, 2.05) is 55.6 Å². The molecule has 1 aromatic heterocycles. The monoisotopic (exact) mass is 328 g/mol. The van der Waals surface area contributed by atoms with Crippen molar-refractivity contribution in [2.24, 2.45) is 0 Å². The number of nitrogens with zero attached hydrogens (tertiary/aromatic N) is 1. The van der Waals surface area contributed by atoms with Gasteiger partial charge in [-0.2, -0.15) is 0 Å². The van der Waals surface area contributed by atoms with Crippen LogP contribution in [0.1, 0.15) is 35.9 Å². The smallest absolute Gasteiger partial charge is 0.247 e. The van der Waals surface area contributed by atoms with Crippen LogP contribution in [0.4, 0.5) is 0 Å². The van der Waals surface area contributed by atoms with E-state index in [0.29, 0.717) is 13.0 Å². The Morgan fingerprint density at radius 3 is 2.78 bits per heavy atom. The van der Waals surface area contributed by atoms with Crippen LogP contribution in [0.25, 0.3) is 0 Å². The molecular weight excluding hydrogens is 308 g/mol. The van der Waals surface area contributed by atoms with Crippen LogP contribution >= 0.6 is 11.3 Å². The average molecular weight is 328 g/mol. The number of amides is 2. The van der Waals surface area contributed by atoms with Crippen LogP contribution < -0.4 is 5.32 Å². The molecule has 1 aliphatic rings. The van der Waals surface area contributed by atoms with Gasteiger partial charge in [0.2, 0.25) is 11.8 Å².